The normalized spacial score (nSPS) is 10.8. The first-order valence-corrected chi connectivity index (χ1v) is 5.90. The average Bonchev–Trinajstić information content (AvgIpc) is 2.59. The third-order valence-corrected chi connectivity index (χ3v) is 3.21. The SMILES string of the molecule is Cc1ccc(-c2nc(CCO)n(C)c2Cl)cc1. The van der Waals surface area contributed by atoms with Gasteiger partial charge in [-0.3, -0.25) is 0 Å². The van der Waals surface area contributed by atoms with Crippen molar-refractivity contribution in [2.45, 2.75) is 13.3 Å². The van der Waals surface area contributed by atoms with Crippen LogP contribution in [0.25, 0.3) is 11.3 Å². The fraction of sp³-hybridized carbons (Fsp3) is 0.308. The third kappa shape index (κ3) is 2.35. The van der Waals surface area contributed by atoms with E-state index in [0.717, 1.165) is 17.1 Å². The lowest BCUT2D eigenvalue weighted by atomic mass is 10.1. The molecule has 0 unspecified atom stereocenters. The van der Waals surface area contributed by atoms with Gasteiger partial charge >= 0.3 is 0 Å². The van der Waals surface area contributed by atoms with Crippen molar-refractivity contribution in [1.82, 2.24) is 9.55 Å². The van der Waals surface area contributed by atoms with Crippen LogP contribution in [0.3, 0.4) is 0 Å². The monoisotopic (exact) mass is 250 g/mol. The summed E-state index contributed by atoms with van der Waals surface area (Å²) in [6.45, 7) is 2.12. The van der Waals surface area contributed by atoms with Crippen LogP contribution in [0.2, 0.25) is 5.15 Å². The van der Waals surface area contributed by atoms with Crippen molar-refractivity contribution in [2.24, 2.45) is 7.05 Å². The van der Waals surface area contributed by atoms with Gasteiger partial charge in [-0.15, -0.1) is 0 Å². The van der Waals surface area contributed by atoms with Gasteiger partial charge in [-0.05, 0) is 6.92 Å². The summed E-state index contributed by atoms with van der Waals surface area (Å²) in [5, 5.41) is 9.56. The maximum absolute atomic E-state index is 8.95. The molecular weight excluding hydrogens is 236 g/mol. The minimum absolute atomic E-state index is 0.0779. The van der Waals surface area contributed by atoms with Gasteiger partial charge in [0.05, 0.1) is 6.61 Å². The summed E-state index contributed by atoms with van der Waals surface area (Å²) in [6.07, 6.45) is 0.516. The van der Waals surface area contributed by atoms with Crippen LogP contribution in [-0.4, -0.2) is 21.3 Å². The molecule has 0 spiro atoms. The Balaban J connectivity index is 2.45. The van der Waals surface area contributed by atoms with Gasteiger partial charge in [-0.25, -0.2) is 4.98 Å². The summed E-state index contributed by atoms with van der Waals surface area (Å²) in [6, 6.07) is 8.08. The molecule has 0 fully saturated rings. The molecular formula is C13H15ClN2O. The molecule has 1 N–H and O–H groups in total. The lowest BCUT2D eigenvalue weighted by Gasteiger charge is -1.99. The van der Waals surface area contributed by atoms with Crippen LogP contribution in [0.4, 0.5) is 0 Å². The molecule has 2 aromatic rings. The third-order valence-electron chi connectivity index (χ3n) is 2.78. The molecule has 0 bridgehead atoms. The highest BCUT2D eigenvalue weighted by Crippen LogP contribution is 2.27. The van der Waals surface area contributed by atoms with E-state index in [2.05, 4.69) is 4.98 Å². The topological polar surface area (TPSA) is 38.1 Å². The van der Waals surface area contributed by atoms with Crippen molar-refractivity contribution in [2.75, 3.05) is 6.61 Å². The number of benzene rings is 1. The number of rotatable bonds is 3. The van der Waals surface area contributed by atoms with Crippen molar-refractivity contribution >= 4 is 11.6 Å². The van der Waals surface area contributed by atoms with Crippen LogP contribution in [0.5, 0.6) is 0 Å². The van der Waals surface area contributed by atoms with E-state index in [4.69, 9.17) is 16.7 Å². The van der Waals surface area contributed by atoms with Crippen LogP contribution < -0.4 is 0 Å². The second kappa shape index (κ2) is 4.90. The van der Waals surface area contributed by atoms with Gasteiger partial charge in [0.15, 0.2) is 0 Å². The van der Waals surface area contributed by atoms with Crippen molar-refractivity contribution in [1.29, 1.82) is 0 Å². The standard InChI is InChI=1S/C13H15ClN2O/c1-9-3-5-10(6-4-9)12-13(14)16(2)11(15-12)7-8-17/h3-6,17H,7-8H2,1-2H3. The van der Waals surface area contributed by atoms with E-state index in [0.29, 0.717) is 11.6 Å². The number of nitrogens with zero attached hydrogens (tertiary/aromatic N) is 2. The summed E-state index contributed by atoms with van der Waals surface area (Å²) in [7, 11) is 1.86. The van der Waals surface area contributed by atoms with Crippen LogP contribution in [0.1, 0.15) is 11.4 Å². The molecule has 0 aliphatic heterocycles. The second-order valence-electron chi connectivity index (χ2n) is 4.07. The maximum Gasteiger partial charge on any atom is 0.136 e. The number of hydrogen-bond acceptors (Lipinski definition) is 2. The predicted molar refractivity (Wildman–Crippen MR) is 69.2 cm³/mol. The molecule has 0 saturated heterocycles. The van der Waals surface area contributed by atoms with Crippen LogP contribution in [0.15, 0.2) is 24.3 Å². The Hall–Kier alpha value is -1.32. The molecule has 1 aromatic heterocycles. The minimum atomic E-state index is 0.0779. The molecule has 0 aliphatic carbocycles. The number of aliphatic hydroxyl groups excluding tert-OH is 1. The van der Waals surface area contributed by atoms with E-state index in [9.17, 15) is 0 Å². The number of aryl methyl sites for hydroxylation is 1. The molecule has 1 aromatic carbocycles. The smallest absolute Gasteiger partial charge is 0.136 e. The summed E-state index contributed by atoms with van der Waals surface area (Å²) < 4.78 is 1.81. The average molecular weight is 251 g/mol. The summed E-state index contributed by atoms with van der Waals surface area (Å²) >= 11 is 6.24. The molecule has 0 saturated carbocycles. The van der Waals surface area contributed by atoms with Gasteiger partial charge in [0.25, 0.3) is 0 Å². The number of hydrogen-bond donors (Lipinski definition) is 1. The molecule has 0 atom stereocenters. The van der Waals surface area contributed by atoms with Gasteiger partial charge in [0, 0.05) is 19.0 Å². The first kappa shape index (κ1) is 12.1. The molecule has 0 radical (unpaired) electrons. The van der Waals surface area contributed by atoms with Gasteiger partial charge in [-0.1, -0.05) is 41.4 Å². The van der Waals surface area contributed by atoms with Crippen molar-refractivity contribution in [3.8, 4) is 11.3 Å². The van der Waals surface area contributed by atoms with E-state index >= 15 is 0 Å². The lowest BCUT2D eigenvalue weighted by Crippen LogP contribution is -2.00. The summed E-state index contributed by atoms with van der Waals surface area (Å²) in [5.74, 6) is 0.799. The number of aromatic nitrogens is 2. The Labute approximate surface area is 106 Å². The number of halogens is 1. The molecule has 90 valence electrons. The van der Waals surface area contributed by atoms with Crippen molar-refractivity contribution in [3.05, 3.63) is 40.8 Å². The fourth-order valence-corrected chi connectivity index (χ4v) is 1.99. The van der Waals surface area contributed by atoms with Crippen molar-refractivity contribution < 1.29 is 5.11 Å². The number of imidazole rings is 1. The Bertz CT molecular complexity index is 517. The van der Waals surface area contributed by atoms with Gasteiger partial charge < -0.3 is 9.67 Å². The lowest BCUT2D eigenvalue weighted by molar-refractivity contribution is 0.295. The Morgan fingerprint density at radius 2 is 1.94 bits per heavy atom. The molecule has 0 aliphatic rings. The van der Waals surface area contributed by atoms with Gasteiger partial charge in [-0.2, -0.15) is 0 Å². The Morgan fingerprint density at radius 3 is 2.53 bits per heavy atom. The summed E-state index contributed by atoms with van der Waals surface area (Å²) in [4.78, 5) is 4.47. The predicted octanol–water partition coefficient (Wildman–Crippen LogP) is 2.58. The molecule has 17 heavy (non-hydrogen) atoms. The highest BCUT2D eigenvalue weighted by atomic mass is 35.5. The Morgan fingerprint density at radius 1 is 1.29 bits per heavy atom. The quantitative estimate of drug-likeness (QED) is 0.909. The highest BCUT2D eigenvalue weighted by molar-refractivity contribution is 6.32. The second-order valence-corrected chi connectivity index (χ2v) is 4.42. The summed E-state index contributed by atoms with van der Waals surface area (Å²) in [5.41, 5.74) is 2.98. The number of aliphatic hydroxyl groups is 1. The van der Waals surface area contributed by atoms with Crippen LogP contribution >= 0.6 is 11.6 Å². The molecule has 4 heteroatoms. The fourth-order valence-electron chi connectivity index (χ4n) is 1.74. The van der Waals surface area contributed by atoms with E-state index in [-0.39, 0.29) is 6.61 Å². The molecule has 2 rings (SSSR count). The highest BCUT2D eigenvalue weighted by Gasteiger charge is 2.13. The van der Waals surface area contributed by atoms with E-state index in [1.165, 1.54) is 5.56 Å². The van der Waals surface area contributed by atoms with Crippen molar-refractivity contribution in [3.63, 3.8) is 0 Å². The zero-order valence-electron chi connectivity index (χ0n) is 9.94. The molecule has 1 heterocycles. The van der Waals surface area contributed by atoms with E-state index in [1.807, 2.05) is 42.8 Å². The van der Waals surface area contributed by atoms with Crippen LogP contribution in [0, 0.1) is 6.92 Å². The van der Waals surface area contributed by atoms with Gasteiger partial charge in [0.1, 0.15) is 16.7 Å². The zero-order chi connectivity index (χ0) is 12.4. The largest absolute Gasteiger partial charge is 0.396 e. The molecule has 3 nitrogen and oxygen atoms in total. The van der Waals surface area contributed by atoms with E-state index < -0.39 is 0 Å². The van der Waals surface area contributed by atoms with Gasteiger partial charge in [0.2, 0.25) is 0 Å². The maximum atomic E-state index is 8.95. The van der Waals surface area contributed by atoms with E-state index in [1.54, 1.807) is 0 Å². The first-order valence-electron chi connectivity index (χ1n) is 5.52. The first-order chi connectivity index (χ1) is 8.13. The molecule has 0 amide bonds. The Kier molecular flexibility index (Phi) is 3.50. The zero-order valence-corrected chi connectivity index (χ0v) is 10.7. The van der Waals surface area contributed by atoms with Crippen LogP contribution in [-0.2, 0) is 13.5 Å². The minimum Gasteiger partial charge on any atom is -0.396 e.